The zero-order chi connectivity index (χ0) is 24.8. The second-order valence-corrected chi connectivity index (χ2v) is 8.43. The Labute approximate surface area is 208 Å². The molecule has 1 fully saturated rings. The molecule has 4 rings (SSSR count). The minimum absolute atomic E-state index is 0.0813. The van der Waals surface area contributed by atoms with Gasteiger partial charge in [-0.1, -0.05) is 23.7 Å². The highest BCUT2D eigenvalue weighted by atomic mass is 35.5. The second-order valence-electron chi connectivity index (χ2n) is 8.00. The van der Waals surface area contributed by atoms with Gasteiger partial charge >= 0.3 is 0 Å². The number of nitrogens with zero attached hydrogens (tertiary/aromatic N) is 4. The third-order valence-electron chi connectivity index (χ3n) is 5.62. The Kier molecular flexibility index (Phi) is 7.59. The number of nitrogens with one attached hydrogen (secondary N) is 1. The Morgan fingerprint density at radius 3 is 2.31 bits per heavy atom. The standard InChI is InChI=1S/C25H25ClN6O3/c1-17(16-35-27)23(33)31-12-14-32(15-13-31)24(34)19-4-8-21(9-5-19)29-25-28-11-10-22(30-25)18-2-6-20(26)7-3-18/h2-11,16H,12-15,27H2,1H3,(H,28,29,30)/b17-16+. The van der Waals surface area contributed by atoms with Crippen molar-refractivity contribution in [3.63, 3.8) is 0 Å². The van der Waals surface area contributed by atoms with Crippen LogP contribution in [0.15, 0.2) is 72.6 Å². The topological polar surface area (TPSA) is 114 Å². The highest BCUT2D eigenvalue weighted by Gasteiger charge is 2.25. The lowest BCUT2D eigenvalue weighted by molar-refractivity contribution is -0.128. The average molecular weight is 493 g/mol. The smallest absolute Gasteiger partial charge is 0.253 e. The van der Waals surface area contributed by atoms with E-state index in [9.17, 15) is 9.59 Å². The molecule has 3 N–H and O–H groups in total. The highest BCUT2D eigenvalue weighted by molar-refractivity contribution is 6.30. The lowest BCUT2D eigenvalue weighted by Crippen LogP contribution is -2.50. The molecule has 1 aliphatic rings. The summed E-state index contributed by atoms with van der Waals surface area (Å²) in [7, 11) is 0. The van der Waals surface area contributed by atoms with E-state index < -0.39 is 0 Å². The second kappa shape index (κ2) is 11.0. The maximum Gasteiger partial charge on any atom is 0.253 e. The molecule has 9 nitrogen and oxygen atoms in total. The normalized spacial score (nSPS) is 14.0. The van der Waals surface area contributed by atoms with Crippen LogP contribution < -0.4 is 11.2 Å². The van der Waals surface area contributed by atoms with Crippen LogP contribution >= 0.6 is 11.6 Å². The van der Waals surface area contributed by atoms with Crippen LogP contribution in [0, 0.1) is 0 Å². The van der Waals surface area contributed by atoms with Gasteiger partial charge in [-0.05, 0) is 49.4 Å². The number of benzene rings is 2. The fourth-order valence-corrected chi connectivity index (χ4v) is 3.85. The van der Waals surface area contributed by atoms with Crippen LogP contribution in [0.3, 0.4) is 0 Å². The third kappa shape index (κ3) is 5.95. The quantitative estimate of drug-likeness (QED) is 0.307. The minimum atomic E-state index is -0.152. The Hall–Kier alpha value is -3.95. The van der Waals surface area contributed by atoms with Crippen LogP contribution in [0.25, 0.3) is 11.3 Å². The number of carbonyl (C=O) groups is 2. The van der Waals surface area contributed by atoms with Crippen molar-refractivity contribution in [3.05, 3.63) is 83.2 Å². The first-order valence-corrected chi connectivity index (χ1v) is 11.4. The molecule has 0 radical (unpaired) electrons. The van der Waals surface area contributed by atoms with Gasteiger partial charge in [0.05, 0.1) is 11.3 Å². The summed E-state index contributed by atoms with van der Waals surface area (Å²) in [6, 6.07) is 16.4. The van der Waals surface area contributed by atoms with E-state index in [2.05, 4.69) is 20.1 Å². The third-order valence-corrected chi connectivity index (χ3v) is 5.87. The number of rotatable bonds is 6. The molecule has 180 valence electrons. The number of aromatic nitrogens is 2. The molecule has 0 atom stereocenters. The molecule has 1 aliphatic heterocycles. The van der Waals surface area contributed by atoms with Gasteiger partial charge in [0.2, 0.25) is 5.95 Å². The molecule has 0 aliphatic carbocycles. The van der Waals surface area contributed by atoms with Gasteiger partial charge in [-0.25, -0.2) is 9.97 Å². The zero-order valence-corrected chi connectivity index (χ0v) is 19.9. The average Bonchev–Trinajstić information content (AvgIpc) is 2.89. The van der Waals surface area contributed by atoms with Gasteiger partial charge in [-0.2, -0.15) is 5.90 Å². The molecule has 2 heterocycles. The van der Waals surface area contributed by atoms with Gasteiger partial charge < -0.3 is 20.0 Å². The molecule has 2 aromatic carbocycles. The maximum absolute atomic E-state index is 12.9. The van der Waals surface area contributed by atoms with E-state index in [1.165, 1.54) is 6.26 Å². The summed E-state index contributed by atoms with van der Waals surface area (Å²) >= 11 is 5.97. The fourth-order valence-electron chi connectivity index (χ4n) is 3.72. The summed E-state index contributed by atoms with van der Waals surface area (Å²) in [6.45, 7) is 3.43. The Bertz CT molecular complexity index is 1220. The molecule has 0 spiro atoms. The summed E-state index contributed by atoms with van der Waals surface area (Å²) in [6.07, 6.45) is 2.90. The summed E-state index contributed by atoms with van der Waals surface area (Å²) in [5.41, 5.74) is 3.44. The van der Waals surface area contributed by atoms with Crippen LogP contribution in [0.5, 0.6) is 0 Å². The van der Waals surface area contributed by atoms with Crippen molar-refractivity contribution in [2.75, 3.05) is 31.5 Å². The van der Waals surface area contributed by atoms with Crippen LogP contribution in [-0.4, -0.2) is 57.8 Å². The van der Waals surface area contributed by atoms with Gasteiger partial charge in [0.1, 0.15) is 6.26 Å². The largest absolute Gasteiger partial charge is 0.419 e. The Morgan fingerprint density at radius 1 is 1.00 bits per heavy atom. The monoisotopic (exact) mass is 492 g/mol. The highest BCUT2D eigenvalue weighted by Crippen LogP contribution is 2.22. The van der Waals surface area contributed by atoms with E-state index in [-0.39, 0.29) is 11.8 Å². The number of nitrogens with two attached hydrogens (primary N) is 1. The van der Waals surface area contributed by atoms with Crippen LogP contribution in [0.2, 0.25) is 5.02 Å². The number of hydrogen-bond acceptors (Lipinski definition) is 7. The molecule has 0 unspecified atom stereocenters. The lowest BCUT2D eigenvalue weighted by Gasteiger charge is -2.35. The van der Waals surface area contributed by atoms with Crippen molar-refractivity contribution in [1.82, 2.24) is 19.8 Å². The van der Waals surface area contributed by atoms with Gasteiger partial charge in [0, 0.05) is 54.2 Å². The van der Waals surface area contributed by atoms with E-state index in [0.29, 0.717) is 48.3 Å². The van der Waals surface area contributed by atoms with Gasteiger partial charge in [0.25, 0.3) is 11.8 Å². The zero-order valence-electron chi connectivity index (χ0n) is 19.1. The van der Waals surface area contributed by atoms with Crippen molar-refractivity contribution >= 4 is 35.1 Å². The number of anilines is 2. The van der Waals surface area contributed by atoms with Crippen molar-refractivity contribution < 1.29 is 14.4 Å². The minimum Gasteiger partial charge on any atom is -0.419 e. The Morgan fingerprint density at radius 2 is 1.66 bits per heavy atom. The number of piperazine rings is 1. The van der Waals surface area contributed by atoms with Crippen molar-refractivity contribution in [2.45, 2.75) is 6.92 Å². The van der Waals surface area contributed by atoms with E-state index in [0.717, 1.165) is 16.9 Å². The van der Waals surface area contributed by atoms with Crippen molar-refractivity contribution in [3.8, 4) is 11.3 Å². The van der Waals surface area contributed by atoms with Gasteiger partial charge in [-0.3, -0.25) is 9.59 Å². The van der Waals surface area contributed by atoms with Crippen LogP contribution in [0.4, 0.5) is 11.6 Å². The first-order valence-electron chi connectivity index (χ1n) is 11.0. The molecule has 1 aromatic heterocycles. The van der Waals surface area contributed by atoms with Gasteiger partial charge in [0.15, 0.2) is 0 Å². The molecule has 10 heteroatoms. The Balaban J connectivity index is 1.36. The molecule has 35 heavy (non-hydrogen) atoms. The lowest BCUT2D eigenvalue weighted by atomic mass is 10.1. The van der Waals surface area contributed by atoms with Crippen molar-refractivity contribution in [1.29, 1.82) is 0 Å². The molecule has 1 saturated heterocycles. The van der Waals surface area contributed by atoms with E-state index in [4.69, 9.17) is 17.5 Å². The molecule has 0 saturated carbocycles. The molecule has 0 bridgehead atoms. The van der Waals surface area contributed by atoms with E-state index >= 15 is 0 Å². The predicted octanol–water partition coefficient (Wildman–Crippen LogP) is 3.62. The molecule has 3 aromatic rings. The van der Waals surface area contributed by atoms with E-state index in [1.54, 1.807) is 35.1 Å². The number of halogens is 1. The van der Waals surface area contributed by atoms with Crippen LogP contribution in [-0.2, 0) is 9.63 Å². The first-order chi connectivity index (χ1) is 16.9. The summed E-state index contributed by atoms with van der Waals surface area (Å²) in [4.78, 5) is 41.9. The predicted molar refractivity (Wildman–Crippen MR) is 134 cm³/mol. The first kappa shape index (κ1) is 24.2. The number of hydrogen-bond donors (Lipinski definition) is 2. The summed E-state index contributed by atoms with van der Waals surface area (Å²) < 4.78 is 0. The number of amides is 2. The van der Waals surface area contributed by atoms with E-state index in [1.807, 2.05) is 42.5 Å². The summed E-state index contributed by atoms with van der Waals surface area (Å²) in [5, 5.41) is 3.83. The number of carbonyl (C=O) groups excluding carboxylic acids is 2. The maximum atomic E-state index is 12.9. The van der Waals surface area contributed by atoms with Gasteiger partial charge in [-0.15, -0.1) is 0 Å². The molecule has 2 amide bonds. The fraction of sp³-hybridized carbons (Fsp3) is 0.200. The van der Waals surface area contributed by atoms with Crippen LogP contribution in [0.1, 0.15) is 17.3 Å². The van der Waals surface area contributed by atoms with Crippen molar-refractivity contribution in [2.24, 2.45) is 5.90 Å². The molecular formula is C25H25ClN6O3. The SMILES string of the molecule is C/C(=C\ON)C(=O)N1CCN(C(=O)c2ccc(Nc3nccc(-c4ccc(Cl)cc4)n3)cc2)CC1. The molecular weight excluding hydrogens is 468 g/mol. The summed E-state index contributed by atoms with van der Waals surface area (Å²) in [5.74, 6) is 5.21.